The molecule has 0 heterocycles. The van der Waals surface area contributed by atoms with E-state index in [4.69, 9.17) is 0 Å². The van der Waals surface area contributed by atoms with Gasteiger partial charge in [0.05, 0.1) is 0 Å². The molecule has 0 aliphatic carbocycles. The van der Waals surface area contributed by atoms with Crippen LogP contribution in [-0.2, 0) is 0 Å². The van der Waals surface area contributed by atoms with Crippen LogP contribution in [0, 0.1) is 17.3 Å². The molecule has 0 aliphatic heterocycles. The Morgan fingerprint density at radius 3 is 1.33 bits per heavy atom. The smallest absolute Gasteiger partial charge is 0.000548 e. The molecule has 0 unspecified atom stereocenters. The van der Waals surface area contributed by atoms with E-state index >= 15 is 0 Å². The summed E-state index contributed by atoms with van der Waals surface area (Å²) in [6.45, 7) is 9.43. The van der Waals surface area contributed by atoms with E-state index in [2.05, 4.69) is 40.2 Å². The summed E-state index contributed by atoms with van der Waals surface area (Å²) in [6, 6.07) is 0. The maximum absolute atomic E-state index is 2.36. The van der Waals surface area contributed by atoms with Gasteiger partial charge in [0.1, 0.15) is 0 Å². The van der Waals surface area contributed by atoms with Crippen LogP contribution in [0.15, 0.2) is 0 Å². The highest BCUT2D eigenvalue weighted by atomic mass is 32.2. The fraction of sp³-hybridized carbons (Fsp3) is 1.00. The van der Waals surface area contributed by atoms with Crippen molar-refractivity contribution in [1.29, 1.82) is 0 Å². The zero-order valence-electron chi connectivity index (χ0n) is 11.3. The van der Waals surface area contributed by atoms with Crippen molar-refractivity contribution >= 4 is 23.5 Å². The molecule has 0 saturated heterocycles. The van der Waals surface area contributed by atoms with E-state index in [9.17, 15) is 0 Å². The molecule has 0 fully saturated rings. The maximum atomic E-state index is 2.36. The molecule has 0 atom stereocenters. The molecular weight excluding hydrogens is 220 g/mol. The predicted octanol–water partition coefficient (Wildman–Crippen LogP) is 4.79. The lowest BCUT2D eigenvalue weighted by Gasteiger charge is -2.36. The third-order valence-corrected chi connectivity index (χ3v) is 4.39. The molecule has 0 bridgehead atoms. The van der Waals surface area contributed by atoms with Crippen molar-refractivity contribution in [2.75, 3.05) is 24.0 Å². The Hall–Kier alpha value is 0.700. The summed E-state index contributed by atoms with van der Waals surface area (Å²) in [5, 5.41) is 0. The molecule has 92 valence electrons. The van der Waals surface area contributed by atoms with Gasteiger partial charge in [0.15, 0.2) is 0 Å². The minimum atomic E-state index is 0.571. The van der Waals surface area contributed by atoms with Crippen LogP contribution in [0.3, 0.4) is 0 Å². The largest absolute Gasteiger partial charge is 0.165 e. The minimum Gasteiger partial charge on any atom is -0.165 e. The first-order chi connectivity index (χ1) is 6.95. The van der Waals surface area contributed by atoms with E-state index in [0.717, 1.165) is 11.8 Å². The van der Waals surface area contributed by atoms with Gasteiger partial charge in [0, 0.05) is 0 Å². The van der Waals surface area contributed by atoms with Gasteiger partial charge in [-0.1, -0.05) is 27.7 Å². The van der Waals surface area contributed by atoms with Gasteiger partial charge in [-0.2, -0.15) is 23.5 Å². The van der Waals surface area contributed by atoms with Crippen molar-refractivity contribution in [3.05, 3.63) is 0 Å². The van der Waals surface area contributed by atoms with Crippen LogP contribution >= 0.6 is 23.5 Å². The van der Waals surface area contributed by atoms with Gasteiger partial charge in [0.2, 0.25) is 0 Å². The van der Waals surface area contributed by atoms with Gasteiger partial charge < -0.3 is 0 Å². The molecule has 0 aliphatic rings. The van der Waals surface area contributed by atoms with Crippen LogP contribution in [0.25, 0.3) is 0 Å². The average molecular weight is 249 g/mol. The molecule has 15 heavy (non-hydrogen) atoms. The fourth-order valence-electron chi connectivity index (χ4n) is 2.71. The van der Waals surface area contributed by atoms with Gasteiger partial charge in [0.25, 0.3) is 0 Å². The summed E-state index contributed by atoms with van der Waals surface area (Å²) in [6.07, 6.45) is 7.26. The van der Waals surface area contributed by atoms with Crippen molar-refractivity contribution < 1.29 is 0 Å². The SMILES string of the molecule is CSCC(CSC)(CC(C)C)CC(C)C. The third-order valence-electron chi connectivity index (χ3n) is 2.58. The Labute approximate surface area is 105 Å². The summed E-state index contributed by atoms with van der Waals surface area (Å²) >= 11 is 4.04. The summed E-state index contributed by atoms with van der Waals surface area (Å²) in [5.41, 5.74) is 0.571. The van der Waals surface area contributed by atoms with Gasteiger partial charge in [-0.15, -0.1) is 0 Å². The number of rotatable bonds is 8. The van der Waals surface area contributed by atoms with Crippen LogP contribution in [-0.4, -0.2) is 24.0 Å². The monoisotopic (exact) mass is 248 g/mol. The van der Waals surface area contributed by atoms with Crippen molar-refractivity contribution in [2.24, 2.45) is 17.3 Å². The number of thioether (sulfide) groups is 2. The van der Waals surface area contributed by atoms with Crippen molar-refractivity contribution in [2.45, 2.75) is 40.5 Å². The second kappa shape index (κ2) is 7.89. The second-order valence-corrected chi connectivity index (χ2v) is 7.29. The molecule has 0 aromatic carbocycles. The summed E-state index contributed by atoms with van der Waals surface area (Å²) in [7, 11) is 0. The highest BCUT2D eigenvalue weighted by molar-refractivity contribution is 7.99. The first kappa shape index (κ1) is 15.7. The lowest BCUT2D eigenvalue weighted by Crippen LogP contribution is -2.30. The lowest BCUT2D eigenvalue weighted by atomic mass is 9.77. The summed E-state index contributed by atoms with van der Waals surface area (Å²) in [5.74, 6) is 4.29. The molecule has 0 spiro atoms. The van der Waals surface area contributed by atoms with Crippen molar-refractivity contribution in [1.82, 2.24) is 0 Å². The van der Waals surface area contributed by atoms with Crippen LogP contribution < -0.4 is 0 Å². The normalized spacial score (nSPS) is 12.8. The number of hydrogen-bond acceptors (Lipinski definition) is 2. The standard InChI is InChI=1S/C13H28S2/c1-11(2)7-13(9-14-5,10-15-6)8-12(3)4/h11-12H,7-10H2,1-6H3. The molecule has 0 N–H and O–H groups in total. The van der Waals surface area contributed by atoms with E-state index < -0.39 is 0 Å². The van der Waals surface area contributed by atoms with Gasteiger partial charge in [-0.05, 0) is 54.1 Å². The second-order valence-electron chi connectivity index (χ2n) is 5.56. The molecule has 2 heteroatoms. The highest BCUT2D eigenvalue weighted by Crippen LogP contribution is 2.38. The molecule has 0 nitrogen and oxygen atoms in total. The van der Waals surface area contributed by atoms with E-state index in [1.165, 1.54) is 24.3 Å². The zero-order chi connectivity index (χ0) is 11.9. The predicted molar refractivity (Wildman–Crippen MR) is 78.1 cm³/mol. The molecule has 0 aromatic heterocycles. The molecular formula is C13H28S2. The topological polar surface area (TPSA) is 0 Å². The average Bonchev–Trinajstić information content (AvgIpc) is 2.01. The highest BCUT2D eigenvalue weighted by Gasteiger charge is 2.30. The molecule has 0 rings (SSSR count). The first-order valence-corrected chi connectivity index (χ1v) is 8.72. The third kappa shape index (κ3) is 6.78. The Bertz CT molecular complexity index is 135. The van der Waals surface area contributed by atoms with Crippen molar-refractivity contribution in [3.8, 4) is 0 Å². The minimum absolute atomic E-state index is 0.571. The Morgan fingerprint density at radius 1 is 0.800 bits per heavy atom. The molecule has 0 amide bonds. The molecule has 0 radical (unpaired) electrons. The van der Waals surface area contributed by atoms with Gasteiger partial charge in [-0.25, -0.2) is 0 Å². The maximum Gasteiger partial charge on any atom is -0.000548 e. The van der Waals surface area contributed by atoms with Crippen LogP contribution in [0.4, 0.5) is 0 Å². The molecule has 0 saturated carbocycles. The lowest BCUT2D eigenvalue weighted by molar-refractivity contribution is 0.247. The van der Waals surface area contributed by atoms with Crippen LogP contribution in [0.5, 0.6) is 0 Å². The molecule has 0 aromatic rings. The van der Waals surface area contributed by atoms with E-state index in [-0.39, 0.29) is 0 Å². The Kier molecular flexibility index (Phi) is 8.26. The number of hydrogen-bond donors (Lipinski definition) is 0. The Morgan fingerprint density at radius 2 is 1.13 bits per heavy atom. The van der Waals surface area contributed by atoms with Crippen LogP contribution in [0.2, 0.25) is 0 Å². The van der Waals surface area contributed by atoms with Gasteiger partial charge >= 0.3 is 0 Å². The fourth-order valence-corrected chi connectivity index (χ4v) is 4.73. The zero-order valence-corrected chi connectivity index (χ0v) is 12.9. The summed E-state index contributed by atoms with van der Waals surface area (Å²) < 4.78 is 0. The summed E-state index contributed by atoms with van der Waals surface area (Å²) in [4.78, 5) is 0. The van der Waals surface area contributed by atoms with E-state index in [0.29, 0.717) is 5.41 Å². The van der Waals surface area contributed by atoms with E-state index in [1.54, 1.807) is 0 Å². The van der Waals surface area contributed by atoms with E-state index in [1.807, 2.05) is 23.5 Å². The van der Waals surface area contributed by atoms with Crippen LogP contribution in [0.1, 0.15) is 40.5 Å². The Balaban J connectivity index is 4.55. The van der Waals surface area contributed by atoms with Gasteiger partial charge in [-0.3, -0.25) is 0 Å². The quantitative estimate of drug-likeness (QED) is 0.606. The van der Waals surface area contributed by atoms with Crippen molar-refractivity contribution in [3.63, 3.8) is 0 Å². The first-order valence-electron chi connectivity index (χ1n) is 5.93.